The summed E-state index contributed by atoms with van der Waals surface area (Å²) in [4.78, 5) is 15.1. The number of hydrogen-bond acceptors (Lipinski definition) is 4. The van der Waals surface area contributed by atoms with Gasteiger partial charge in [-0.25, -0.2) is 0 Å². The molecular formula is C19H21NO3S. The molecule has 1 aliphatic heterocycles. The minimum Gasteiger partial charge on any atom is -0.490 e. The molecule has 0 atom stereocenters. The molecule has 3 rings (SSSR count). The average molecular weight is 343 g/mol. The molecule has 4 nitrogen and oxygen atoms in total. The fraction of sp³-hybridized carbons (Fsp3) is 0.316. The van der Waals surface area contributed by atoms with E-state index in [9.17, 15) is 4.79 Å². The van der Waals surface area contributed by atoms with Gasteiger partial charge in [-0.1, -0.05) is 30.3 Å². The van der Waals surface area contributed by atoms with E-state index < -0.39 is 0 Å². The predicted octanol–water partition coefficient (Wildman–Crippen LogP) is 3.60. The van der Waals surface area contributed by atoms with E-state index in [2.05, 4.69) is 0 Å². The van der Waals surface area contributed by atoms with Gasteiger partial charge in [-0.15, -0.1) is 11.8 Å². The van der Waals surface area contributed by atoms with E-state index in [1.54, 1.807) is 4.90 Å². The predicted molar refractivity (Wildman–Crippen MR) is 95.7 cm³/mol. The highest BCUT2D eigenvalue weighted by molar-refractivity contribution is 8.00. The Kier molecular flexibility index (Phi) is 5.64. The van der Waals surface area contributed by atoms with Gasteiger partial charge in [0, 0.05) is 24.9 Å². The highest BCUT2D eigenvalue weighted by atomic mass is 32.2. The highest BCUT2D eigenvalue weighted by Crippen LogP contribution is 2.33. The van der Waals surface area contributed by atoms with Gasteiger partial charge in [-0.05, 0) is 23.8 Å². The molecular weight excluding hydrogens is 322 g/mol. The fourth-order valence-corrected chi connectivity index (χ4v) is 3.30. The van der Waals surface area contributed by atoms with E-state index >= 15 is 0 Å². The maximum atomic E-state index is 12.3. The Morgan fingerprint density at radius 3 is 2.62 bits per heavy atom. The number of ether oxygens (including phenoxy) is 2. The smallest absolute Gasteiger partial charge is 0.232 e. The van der Waals surface area contributed by atoms with Crippen LogP contribution in [0.3, 0.4) is 0 Å². The largest absolute Gasteiger partial charge is 0.490 e. The van der Waals surface area contributed by atoms with E-state index in [1.165, 1.54) is 11.8 Å². The summed E-state index contributed by atoms with van der Waals surface area (Å²) in [5.74, 6) is 2.06. The number of nitrogens with zero attached hydrogens (tertiary/aromatic N) is 1. The number of carbonyl (C=O) groups excluding carboxylic acids is 1. The molecule has 0 aliphatic carbocycles. The topological polar surface area (TPSA) is 38.8 Å². The molecule has 126 valence electrons. The molecule has 1 heterocycles. The van der Waals surface area contributed by atoms with Crippen molar-refractivity contribution in [3.05, 3.63) is 54.1 Å². The van der Waals surface area contributed by atoms with Crippen LogP contribution in [0.4, 0.5) is 0 Å². The molecule has 0 radical (unpaired) electrons. The summed E-state index contributed by atoms with van der Waals surface area (Å²) in [5, 5.41) is 0. The van der Waals surface area contributed by atoms with E-state index in [4.69, 9.17) is 9.47 Å². The standard InChI is InChI=1S/C19H21NO3S/c1-20(13-15-6-3-2-4-7-15)19(21)14-24-16-8-9-17-18(12-16)23-11-5-10-22-17/h2-4,6-9,12H,5,10-11,13-14H2,1H3. The Morgan fingerprint density at radius 1 is 1.08 bits per heavy atom. The maximum absolute atomic E-state index is 12.3. The Hall–Kier alpha value is -2.14. The van der Waals surface area contributed by atoms with Crippen molar-refractivity contribution in [2.75, 3.05) is 26.0 Å². The normalized spacial score (nSPS) is 13.2. The first-order valence-corrected chi connectivity index (χ1v) is 9.01. The van der Waals surface area contributed by atoms with Crippen molar-refractivity contribution < 1.29 is 14.3 Å². The molecule has 0 spiro atoms. The Labute approximate surface area is 146 Å². The lowest BCUT2D eigenvalue weighted by molar-refractivity contribution is -0.127. The Morgan fingerprint density at radius 2 is 1.83 bits per heavy atom. The zero-order chi connectivity index (χ0) is 16.8. The molecule has 0 unspecified atom stereocenters. The molecule has 0 N–H and O–H groups in total. The third kappa shape index (κ3) is 4.45. The molecule has 1 aliphatic rings. The first kappa shape index (κ1) is 16.7. The second kappa shape index (κ2) is 8.11. The summed E-state index contributed by atoms with van der Waals surface area (Å²) in [7, 11) is 1.84. The van der Waals surface area contributed by atoms with E-state index in [0.717, 1.165) is 28.4 Å². The lowest BCUT2D eigenvalue weighted by Crippen LogP contribution is -2.27. The number of thioether (sulfide) groups is 1. The van der Waals surface area contributed by atoms with Crippen LogP contribution in [0.15, 0.2) is 53.4 Å². The van der Waals surface area contributed by atoms with Gasteiger partial charge in [0.05, 0.1) is 19.0 Å². The zero-order valence-electron chi connectivity index (χ0n) is 13.7. The molecule has 5 heteroatoms. The lowest BCUT2D eigenvalue weighted by atomic mass is 10.2. The molecule has 0 saturated heterocycles. The first-order chi connectivity index (χ1) is 11.7. The van der Waals surface area contributed by atoms with Crippen LogP contribution in [-0.4, -0.2) is 36.8 Å². The van der Waals surface area contributed by atoms with Crippen LogP contribution in [0.5, 0.6) is 11.5 Å². The summed E-state index contributed by atoms with van der Waals surface area (Å²) >= 11 is 1.52. The minimum atomic E-state index is 0.107. The molecule has 0 aromatic heterocycles. The Bertz CT molecular complexity index is 690. The molecule has 24 heavy (non-hydrogen) atoms. The number of amides is 1. The first-order valence-electron chi connectivity index (χ1n) is 8.03. The molecule has 0 fully saturated rings. The average Bonchev–Trinajstić information content (AvgIpc) is 2.85. The van der Waals surface area contributed by atoms with Crippen LogP contribution in [0.1, 0.15) is 12.0 Å². The zero-order valence-corrected chi connectivity index (χ0v) is 14.6. The summed E-state index contributed by atoms with van der Waals surface area (Å²) in [6.45, 7) is 1.98. The van der Waals surface area contributed by atoms with E-state index in [1.807, 2.05) is 55.6 Å². The van der Waals surface area contributed by atoms with Gasteiger partial charge >= 0.3 is 0 Å². The van der Waals surface area contributed by atoms with Crippen molar-refractivity contribution in [3.8, 4) is 11.5 Å². The van der Waals surface area contributed by atoms with Crippen molar-refractivity contribution in [1.82, 2.24) is 4.90 Å². The summed E-state index contributed by atoms with van der Waals surface area (Å²) in [6.07, 6.45) is 0.889. The number of benzene rings is 2. The van der Waals surface area contributed by atoms with E-state index in [-0.39, 0.29) is 5.91 Å². The Balaban J connectivity index is 1.55. The second-order valence-corrected chi connectivity index (χ2v) is 6.73. The SMILES string of the molecule is CN(Cc1ccccc1)C(=O)CSc1ccc2c(c1)OCCCO2. The summed E-state index contributed by atoms with van der Waals surface area (Å²) < 4.78 is 11.3. The number of carbonyl (C=O) groups is 1. The minimum absolute atomic E-state index is 0.107. The van der Waals surface area contributed by atoms with E-state index in [0.29, 0.717) is 25.5 Å². The third-order valence-electron chi connectivity index (χ3n) is 3.77. The molecule has 0 bridgehead atoms. The lowest BCUT2D eigenvalue weighted by Gasteiger charge is -2.17. The van der Waals surface area contributed by atoms with Gasteiger partial charge in [0.15, 0.2) is 11.5 Å². The third-order valence-corrected chi connectivity index (χ3v) is 4.75. The number of fused-ring (bicyclic) bond motifs is 1. The maximum Gasteiger partial charge on any atom is 0.232 e. The van der Waals surface area contributed by atoms with Crippen molar-refractivity contribution >= 4 is 17.7 Å². The van der Waals surface area contributed by atoms with Gasteiger partial charge in [0.25, 0.3) is 0 Å². The van der Waals surface area contributed by atoms with Crippen LogP contribution < -0.4 is 9.47 Å². The van der Waals surface area contributed by atoms with Gasteiger partial charge < -0.3 is 14.4 Å². The van der Waals surface area contributed by atoms with Crippen molar-refractivity contribution in [2.45, 2.75) is 17.9 Å². The number of rotatable bonds is 5. The summed E-state index contributed by atoms with van der Waals surface area (Å²) in [6, 6.07) is 15.9. The fourth-order valence-electron chi connectivity index (χ4n) is 2.43. The summed E-state index contributed by atoms with van der Waals surface area (Å²) in [5.41, 5.74) is 1.13. The van der Waals surface area contributed by atoms with Crippen LogP contribution in [0, 0.1) is 0 Å². The molecule has 2 aromatic carbocycles. The molecule has 2 aromatic rings. The van der Waals surface area contributed by atoms with Gasteiger partial charge in [0.2, 0.25) is 5.91 Å². The van der Waals surface area contributed by atoms with Crippen molar-refractivity contribution in [3.63, 3.8) is 0 Å². The van der Waals surface area contributed by atoms with Crippen LogP contribution >= 0.6 is 11.8 Å². The van der Waals surface area contributed by atoms with Crippen LogP contribution in [0.2, 0.25) is 0 Å². The monoisotopic (exact) mass is 343 g/mol. The quantitative estimate of drug-likeness (QED) is 0.778. The molecule has 1 amide bonds. The second-order valence-electron chi connectivity index (χ2n) is 5.68. The highest BCUT2D eigenvalue weighted by Gasteiger charge is 2.13. The van der Waals surface area contributed by atoms with Crippen molar-refractivity contribution in [1.29, 1.82) is 0 Å². The van der Waals surface area contributed by atoms with Gasteiger partial charge in [-0.2, -0.15) is 0 Å². The van der Waals surface area contributed by atoms with Crippen LogP contribution in [0.25, 0.3) is 0 Å². The molecule has 0 saturated carbocycles. The van der Waals surface area contributed by atoms with Gasteiger partial charge in [0.1, 0.15) is 0 Å². The van der Waals surface area contributed by atoms with Gasteiger partial charge in [-0.3, -0.25) is 4.79 Å². The number of hydrogen-bond donors (Lipinski definition) is 0. The van der Waals surface area contributed by atoms with Crippen molar-refractivity contribution in [2.24, 2.45) is 0 Å². The van der Waals surface area contributed by atoms with Crippen LogP contribution in [-0.2, 0) is 11.3 Å².